The van der Waals surface area contributed by atoms with Crippen molar-refractivity contribution in [3.8, 4) is 28.3 Å². The Morgan fingerprint density at radius 1 is 0.729 bits per heavy atom. The Morgan fingerprint density at radius 3 is 2.46 bits per heavy atom. The van der Waals surface area contributed by atoms with E-state index in [2.05, 4.69) is 73.0 Å². The van der Waals surface area contributed by atoms with E-state index in [9.17, 15) is 0 Å². The van der Waals surface area contributed by atoms with Crippen molar-refractivity contribution in [3.63, 3.8) is 0 Å². The summed E-state index contributed by atoms with van der Waals surface area (Å²) in [7, 11) is 0. The van der Waals surface area contributed by atoms with Gasteiger partial charge in [-0.3, -0.25) is 0 Å². The molecule has 1 aliphatic rings. The van der Waals surface area contributed by atoms with Crippen LogP contribution in [0.2, 0.25) is 0 Å². The minimum atomic E-state index is -0.361. The van der Waals surface area contributed by atoms with Crippen LogP contribution in [0.25, 0.3) is 92.4 Å². The lowest BCUT2D eigenvalue weighted by Crippen LogP contribution is -2.26. The summed E-state index contributed by atoms with van der Waals surface area (Å²) < 4.78 is 45.1. The number of hydrogen-bond acceptors (Lipinski definition) is 4. The quantitative estimate of drug-likeness (QED) is 0.189. The van der Waals surface area contributed by atoms with Gasteiger partial charge in [-0.2, -0.15) is 0 Å². The second-order valence-electron chi connectivity index (χ2n) is 13.1. The zero-order chi connectivity index (χ0) is 35.2. The van der Waals surface area contributed by atoms with Crippen LogP contribution in [0.1, 0.15) is 30.5 Å². The SMILES string of the molecule is [2H]c1c([2H])c([2H])c2c(-c3cccc4c3oc3ccccc34)nc(-c3ccc4c(c3)C(C)(C)c3cccc5c6c7ccccc7sc6n-4c35)nc2c1[2H]. The average Bonchev–Trinajstić information content (AvgIpc) is 3.84. The van der Waals surface area contributed by atoms with E-state index in [1.807, 2.05) is 59.9 Å². The molecule has 1 aliphatic heterocycles. The number of para-hydroxylation sites is 4. The van der Waals surface area contributed by atoms with Crippen molar-refractivity contribution in [3.05, 3.63) is 138 Å². The van der Waals surface area contributed by atoms with Gasteiger partial charge in [0, 0.05) is 53.6 Å². The van der Waals surface area contributed by atoms with Gasteiger partial charge in [0.15, 0.2) is 5.82 Å². The number of thiophene rings is 1. The van der Waals surface area contributed by atoms with Crippen molar-refractivity contribution in [2.45, 2.75) is 19.3 Å². The third-order valence-corrected chi connectivity index (χ3v) is 11.3. The first kappa shape index (κ1) is 22.7. The molecule has 0 radical (unpaired) electrons. The smallest absolute Gasteiger partial charge is 0.160 e. The Morgan fingerprint density at radius 2 is 1.52 bits per heavy atom. The number of rotatable bonds is 2. The molecule has 0 atom stereocenters. The second-order valence-corrected chi connectivity index (χ2v) is 14.1. The highest BCUT2D eigenvalue weighted by molar-refractivity contribution is 7.25. The van der Waals surface area contributed by atoms with Gasteiger partial charge < -0.3 is 8.98 Å². The first-order chi connectivity index (χ1) is 25.2. The van der Waals surface area contributed by atoms with Crippen LogP contribution in [0.4, 0.5) is 0 Å². The molecule has 226 valence electrons. The molecule has 48 heavy (non-hydrogen) atoms. The van der Waals surface area contributed by atoms with Gasteiger partial charge in [0.1, 0.15) is 16.0 Å². The standard InChI is InChI=1S/C43H27N3OS/c1-43(2)31-17-10-15-29-37-28-13-5-8-20-36(28)48-42(37)46(39(29)31)34-22-21-24(23-32(34)43)41-44-33-18-6-3-12-27(33)38(45-41)30-16-9-14-26-25-11-4-7-19-35(25)47-40(26)30/h3-23H,1-2H3/i3D,6D,12D,18D. The summed E-state index contributed by atoms with van der Waals surface area (Å²) >= 11 is 1.81. The highest BCUT2D eigenvalue weighted by atomic mass is 32.1. The van der Waals surface area contributed by atoms with Crippen molar-refractivity contribution in [2.75, 3.05) is 0 Å². The normalized spacial score (nSPS) is 15.0. The molecule has 0 saturated carbocycles. The van der Waals surface area contributed by atoms with Gasteiger partial charge in [-0.05, 0) is 53.6 Å². The van der Waals surface area contributed by atoms with Crippen LogP contribution in [-0.4, -0.2) is 14.5 Å². The maximum atomic E-state index is 8.99. The Kier molecular flexibility index (Phi) is 4.34. The van der Waals surface area contributed by atoms with E-state index in [1.165, 1.54) is 36.8 Å². The first-order valence-corrected chi connectivity index (χ1v) is 16.8. The zero-order valence-electron chi connectivity index (χ0n) is 30.0. The van der Waals surface area contributed by atoms with Gasteiger partial charge in [-0.1, -0.05) is 98.7 Å². The lowest BCUT2D eigenvalue weighted by molar-refractivity contribution is 0.630. The molecule has 6 aromatic carbocycles. The van der Waals surface area contributed by atoms with Gasteiger partial charge in [0.05, 0.1) is 27.9 Å². The molecule has 0 aliphatic carbocycles. The molecule has 0 N–H and O–H groups in total. The van der Waals surface area contributed by atoms with E-state index < -0.39 is 0 Å². The first-order valence-electron chi connectivity index (χ1n) is 18.0. The Hall–Kier alpha value is -5.78. The molecule has 0 unspecified atom stereocenters. The highest BCUT2D eigenvalue weighted by Crippen LogP contribution is 2.51. The maximum Gasteiger partial charge on any atom is 0.160 e. The molecule has 11 rings (SSSR count). The van der Waals surface area contributed by atoms with Crippen molar-refractivity contribution in [1.29, 1.82) is 0 Å². The van der Waals surface area contributed by atoms with Crippen LogP contribution in [0, 0.1) is 0 Å². The summed E-state index contributed by atoms with van der Waals surface area (Å²) in [6.07, 6.45) is 0. The van der Waals surface area contributed by atoms with Gasteiger partial charge in [0.2, 0.25) is 0 Å². The van der Waals surface area contributed by atoms with Crippen LogP contribution in [-0.2, 0) is 5.41 Å². The summed E-state index contributed by atoms with van der Waals surface area (Å²) in [4.78, 5) is 11.3. The molecule has 10 aromatic rings. The molecular weight excluding hydrogens is 607 g/mol. The molecule has 0 amide bonds. The molecular formula is C43H27N3OS. The molecule has 4 aromatic heterocycles. The lowest BCUT2D eigenvalue weighted by Gasteiger charge is -2.35. The minimum Gasteiger partial charge on any atom is -0.455 e. The summed E-state index contributed by atoms with van der Waals surface area (Å²) in [5.74, 6) is 0.378. The Labute approximate surface area is 285 Å². The summed E-state index contributed by atoms with van der Waals surface area (Å²) in [5, 5.41) is 5.93. The fourth-order valence-electron chi connectivity index (χ4n) is 7.90. The topological polar surface area (TPSA) is 43.9 Å². The van der Waals surface area contributed by atoms with Crippen LogP contribution in [0.3, 0.4) is 0 Å². The fraction of sp³-hybridized carbons (Fsp3) is 0.0698. The molecule has 0 fully saturated rings. The third-order valence-electron chi connectivity index (χ3n) is 10.2. The van der Waals surface area contributed by atoms with Crippen molar-refractivity contribution >= 4 is 75.4 Å². The second kappa shape index (κ2) is 9.18. The number of benzene rings is 6. The maximum absolute atomic E-state index is 8.99. The summed E-state index contributed by atoms with van der Waals surface area (Å²) in [6, 6.07) is 34.2. The van der Waals surface area contributed by atoms with E-state index in [4.69, 9.17) is 19.9 Å². The van der Waals surface area contributed by atoms with Crippen LogP contribution >= 0.6 is 11.3 Å². The van der Waals surface area contributed by atoms with Crippen molar-refractivity contribution in [1.82, 2.24) is 14.5 Å². The summed E-state index contributed by atoms with van der Waals surface area (Å²) in [5.41, 5.74) is 7.65. The summed E-state index contributed by atoms with van der Waals surface area (Å²) in [6.45, 7) is 4.52. The minimum absolute atomic E-state index is 0.167. The Balaban J connectivity index is 1.21. The van der Waals surface area contributed by atoms with Crippen LogP contribution in [0.15, 0.2) is 132 Å². The van der Waals surface area contributed by atoms with Gasteiger partial charge in [-0.15, -0.1) is 11.3 Å². The lowest BCUT2D eigenvalue weighted by atomic mass is 9.74. The monoisotopic (exact) mass is 637 g/mol. The predicted octanol–water partition coefficient (Wildman–Crippen LogP) is 11.8. The van der Waals surface area contributed by atoms with Crippen LogP contribution in [0.5, 0.6) is 0 Å². The predicted molar refractivity (Wildman–Crippen MR) is 200 cm³/mol. The van der Waals surface area contributed by atoms with E-state index in [0.29, 0.717) is 22.7 Å². The number of aromatic nitrogens is 3. The van der Waals surface area contributed by atoms with Gasteiger partial charge in [0.25, 0.3) is 0 Å². The fourth-order valence-corrected chi connectivity index (χ4v) is 9.14. The molecule has 0 bridgehead atoms. The highest BCUT2D eigenvalue weighted by Gasteiger charge is 2.36. The van der Waals surface area contributed by atoms with E-state index in [1.54, 1.807) is 0 Å². The number of fused-ring (bicyclic) bond motifs is 11. The van der Waals surface area contributed by atoms with E-state index in [-0.39, 0.29) is 40.5 Å². The molecule has 0 spiro atoms. The number of furan rings is 1. The van der Waals surface area contributed by atoms with Crippen molar-refractivity contribution in [2.24, 2.45) is 0 Å². The number of nitrogens with zero attached hydrogens (tertiary/aromatic N) is 3. The molecule has 0 saturated heterocycles. The average molecular weight is 638 g/mol. The Bertz CT molecular complexity index is 3230. The van der Waals surface area contributed by atoms with E-state index in [0.717, 1.165) is 33.2 Å². The van der Waals surface area contributed by atoms with Crippen molar-refractivity contribution < 1.29 is 9.90 Å². The van der Waals surface area contributed by atoms with Gasteiger partial charge >= 0.3 is 0 Å². The third kappa shape index (κ3) is 3.33. The molecule has 4 nitrogen and oxygen atoms in total. The molecule has 5 heterocycles. The molecule has 5 heteroatoms. The largest absolute Gasteiger partial charge is 0.455 e. The van der Waals surface area contributed by atoms with Gasteiger partial charge in [-0.25, -0.2) is 9.97 Å². The zero-order valence-corrected chi connectivity index (χ0v) is 26.8. The van der Waals surface area contributed by atoms with Crippen LogP contribution < -0.4 is 0 Å². The van der Waals surface area contributed by atoms with E-state index >= 15 is 0 Å². The number of hydrogen-bond donors (Lipinski definition) is 0.